The summed E-state index contributed by atoms with van der Waals surface area (Å²) < 4.78 is 5.56. The van der Waals surface area contributed by atoms with E-state index in [1.165, 1.54) is 0 Å². The molecule has 0 aliphatic carbocycles. The van der Waals surface area contributed by atoms with Crippen molar-refractivity contribution in [3.05, 3.63) is 30.1 Å². The molecule has 2 saturated heterocycles. The summed E-state index contributed by atoms with van der Waals surface area (Å²) in [6, 6.07) is 6.11. The van der Waals surface area contributed by atoms with Gasteiger partial charge in [0.05, 0.1) is 12.3 Å². The fourth-order valence-electron chi connectivity index (χ4n) is 4.61. The molecule has 0 N–H and O–H groups in total. The van der Waals surface area contributed by atoms with Gasteiger partial charge in [0, 0.05) is 57.4 Å². The minimum Gasteiger partial charge on any atom is -0.384 e. The molecule has 0 radical (unpaired) electrons. The molecule has 1 aromatic rings. The number of carbonyl (C=O) groups excluding carboxylic acids is 1. The molecule has 1 amide bonds. The lowest BCUT2D eigenvalue weighted by molar-refractivity contribution is -0.142. The first-order valence-corrected chi connectivity index (χ1v) is 9.75. The van der Waals surface area contributed by atoms with Crippen LogP contribution in [0, 0.1) is 16.7 Å². The second-order valence-electron chi connectivity index (χ2n) is 9.05. The van der Waals surface area contributed by atoms with E-state index in [-0.39, 0.29) is 16.7 Å². The summed E-state index contributed by atoms with van der Waals surface area (Å²) in [5.41, 5.74) is 1.09. The third kappa shape index (κ3) is 4.09. The van der Waals surface area contributed by atoms with Crippen molar-refractivity contribution in [2.24, 2.45) is 16.7 Å². The van der Waals surface area contributed by atoms with Crippen molar-refractivity contribution in [3.63, 3.8) is 0 Å². The summed E-state index contributed by atoms with van der Waals surface area (Å²) in [6.45, 7) is 11.6. The van der Waals surface area contributed by atoms with Crippen LogP contribution in [0.1, 0.15) is 39.3 Å². The van der Waals surface area contributed by atoms with E-state index in [4.69, 9.17) is 4.74 Å². The van der Waals surface area contributed by atoms with E-state index in [0.717, 1.165) is 57.9 Å². The van der Waals surface area contributed by atoms with E-state index in [1.54, 1.807) is 7.11 Å². The Labute approximate surface area is 157 Å². The first kappa shape index (κ1) is 19.3. The number of piperidine rings is 1. The SMILES string of the molecule is COC[C@H]1CN(Cc2ccccn2)CC12CCN(C(=O)C(C)(C)C)CC2. The molecule has 5 heteroatoms. The van der Waals surface area contributed by atoms with E-state index in [1.807, 2.05) is 33.0 Å². The maximum absolute atomic E-state index is 12.6. The van der Waals surface area contributed by atoms with Crippen LogP contribution in [-0.2, 0) is 16.1 Å². The van der Waals surface area contributed by atoms with Crippen molar-refractivity contribution in [2.45, 2.75) is 40.2 Å². The lowest BCUT2D eigenvalue weighted by Crippen LogP contribution is -2.49. The molecule has 2 aliphatic rings. The standard InChI is InChI=1S/C21H33N3O2/c1-20(2,3)19(25)24-11-8-21(9-12-24)16-23(13-17(21)15-26-4)14-18-7-5-6-10-22-18/h5-7,10,17H,8-9,11-16H2,1-4H3/t17-/m1/s1. The van der Waals surface area contributed by atoms with Gasteiger partial charge in [0.2, 0.25) is 5.91 Å². The van der Waals surface area contributed by atoms with Crippen LogP contribution in [0.3, 0.4) is 0 Å². The van der Waals surface area contributed by atoms with E-state index in [0.29, 0.717) is 5.92 Å². The second-order valence-corrected chi connectivity index (χ2v) is 9.05. The number of hydrogen-bond donors (Lipinski definition) is 0. The fourth-order valence-corrected chi connectivity index (χ4v) is 4.61. The Kier molecular flexibility index (Phi) is 5.68. The summed E-state index contributed by atoms with van der Waals surface area (Å²) in [6.07, 6.45) is 4.01. The zero-order valence-corrected chi connectivity index (χ0v) is 16.7. The van der Waals surface area contributed by atoms with Gasteiger partial charge in [-0.1, -0.05) is 26.8 Å². The average molecular weight is 360 g/mol. The molecule has 144 valence electrons. The zero-order valence-electron chi connectivity index (χ0n) is 16.7. The van der Waals surface area contributed by atoms with Gasteiger partial charge in [0.1, 0.15) is 0 Å². The molecule has 0 aromatic carbocycles. The van der Waals surface area contributed by atoms with E-state index in [2.05, 4.69) is 26.9 Å². The third-order valence-corrected chi connectivity index (χ3v) is 6.05. The highest BCUT2D eigenvalue weighted by Crippen LogP contribution is 2.45. The first-order chi connectivity index (χ1) is 12.3. The summed E-state index contributed by atoms with van der Waals surface area (Å²) in [4.78, 5) is 21.7. The maximum atomic E-state index is 12.6. The molecule has 3 heterocycles. The van der Waals surface area contributed by atoms with Crippen LogP contribution in [0.4, 0.5) is 0 Å². The minimum absolute atomic E-state index is 0.263. The molecular weight excluding hydrogens is 326 g/mol. The molecule has 2 fully saturated rings. The monoisotopic (exact) mass is 359 g/mol. The molecule has 0 bridgehead atoms. The van der Waals surface area contributed by atoms with E-state index >= 15 is 0 Å². The summed E-state index contributed by atoms with van der Waals surface area (Å²) in [7, 11) is 1.80. The van der Waals surface area contributed by atoms with Crippen LogP contribution < -0.4 is 0 Å². The van der Waals surface area contributed by atoms with E-state index in [9.17, 15) is 4.79 Å². The van der Waals surface area contributed by atoms with Gasteiger partial charge >= 0.3 is 0 Å². The number of ether oxygens (including phenoxy) is 1. The van der Waals surface area contributed by atoms with Crippen molar-refractivity contribution in [1.82, 2.24) is 14.8 Å². The number of rotatable bonds is 4. The molecule has 0 unspecified atom stereocenters. The molecule has 26 heavy (non-hydrogen) atoms. The molecule has 5 nitrogen and oxygen atoms in total. The summed E-state index contributed by atoms with van der Waals surface area (Å²) in [5, 5.41) is 0. The Morgan fingerprint density at radius 3 is 2.62 bits per heavy atom. The zero-order chi connectivity index (χ0) is 18.8. The van der Waals surface area contributed by atoms with E-state index < -0.39 is 0 Å². The predicted molar refractivity (Wildman–Crippen MR) is 103 cm³/mol. The quantitative estimate of drug-likeness (QED) is 0.829. The fraction of sp³-hybridized carbons (Fsp3) is 0.714. The van der Waals surface area contributed by atoms with Gasteiger partial charge in [-0.25, -0.2) is 0 Å². The smallest absolute Gasteiger partial charge is 0.227 e. The highest BCUT2D eigenvalue weighted by molar-refractivity contribution is 5.81. The molecule has 1 spiro atoms. The average Bonchev–Trinajstić information content (AvgIpc) is 2.92. The topological polar surface area (TPSA) is 45.7 Å². The number of amides is 1. The van der Waals surface area contributed by atoms with Crippen LogP contribution in [-0.4, -0.2) is 60.6 Å². The lowest BCUT2D eigenvalue weighted by Gasteiger charge is -2.44. The summed E-state index contributed by atoms with van der Waals surface area (Å²) in [5.74, 6) is 0.807. The van der Waals surface area contributed by atoms with Crippen LogP contribution in [0.25, 0.3) is 0 Å². The Morgan fingerprint density at radius 2 is 2.04 bits per heavy atom. The van der Waals surface area contributed by atoms with Gasteiger partial charge in [-0.15, -0.1) is 0 Å². The Hall–Kier alpha value is -1.46. The number of nitrogens with zero attached hydrogens (tertiary/aromatic N) is 3. The third-order valence-electron chi connectivity index (χ3n) is 6.05. The summed E-state index contributed by atoms with van der Waals surface area (Å²) >= 11 is 0. The molecule has 2 aliphatic heterocycles. The van der Waals surface area contributed by atoms with Gasteiger partial charge in [-0.3, -0.25) is 14.7 Å². The number of hydrogen-bond acceptors (Lipinski definition) is 4. The largest absolute Gasteiger partial charge is 0.384 e. The van der Waals surface area contributed by atoms with Crippen molar-refractivity contribution in [1.29, 1.82) is 0 Å². The number of likely N-dealkylation sites (tertiary alicyclic amines) is 2. The second kappa shape index (κ2) is 7.65. The van der Waals surface area contributed by atoms with Crippen molar-refractivity contribution >= 4 is 5.91 Å². The Balaban J connectivity index is 1.66. The van der Waals surface area contributed by atoms with Gasteiger partial charge in [0.25, 0.3) is 0 Å². The number of pyridine rings is 1. The van der Waals surface area contributed by atoms with Gasteiger partial charge in [0.15, 0.2) is 0 Å². The van der Waals surface area contributed by atoms with Crippen molar-refractivity contribution < 1.29 is 9.53 Å². The highest BCUT2D eigenvalue weighted by atomic mass is 16.5. The molecule has 1 aromatic heterocycles. The van der Waals surface area contributed by atoms with Crippen LogP contribution in [0.2, 0.25) is 0 Å². The lowest BCUT2D eigenvalue weighted by atomic mass is 9.71. The number of carbonyl (C=O) groups is 1. The van der Waals surface area contributed by atoms with Crippen LogP contribution in [0.5, 0.6) is 0 Å². The maximum Gasteiger partial charge on any atom is 0.227 e. The van der Waals surface area contributed by atoms with Gasteiger partial charge in [-0.05, 0) is 30.4 Å². The molecule has 0 saturated carbocycles. The van der Waals surface area contributed by atoms with Crippen LogP contribution >= 0.6 is 0 Å². The molecule has 3 rings (SSSR count). The molecular formula is C21H33N3O2. The normalized spacial score (nSPS) is 23.5. The molecule has 1 atom stereocenters. The first-order valence-electron chi connectivity index (χ1n) is 9.75. The van der Waals surface area contributed by atoms with Crippen LogP contribution in [0.15, 0.2) is 24.4 Å². The Bertz CT molecular complexity index is 603. The van der Waals surface area contributed by atoms with Crippen molar-refractivity contribution in [3.8, 4) is 0 Å². The minimum atomic E-state index is -0.295. The van der Waals surface area contributed by atoms with Gasteiger partial charge < -0.3 is 9.64 Å². The van der Waals surface area contributed by atoms with Crippen molar-refractivity contribution in [2.75, 3.05) is 39.9 Å². The number of methoxy groups -OCH3 is 1. The predicted octanol–water partition coefficient (Wildman–Crippen LogP) is 2.81. The Morgan fingerprint density at radius 1 is 1.31 bits per heavy atom. The number of aromatic nitrogens is 1. The highest BCUT2D eigenvalue weighted by Gasteiger charge is 2.48. The van der Waals surface area contributed by atoms with Gasteiger partial charge in [-0.2, -0.15) is 0 Å².